The Balaban J connectivity index is 3.08. The quantitative estimate of drug-likeness (QED) is 0.783. The fourth-order valence-electron chi connectivity index (χ4n) is 1.58. The molecule has 0 radical (unpaired) electrons. The molecular weight excluding hydrogens is 182 g/mol. The Bertz CT molecular complexity index is 343. The fraction of sp³-hybridized carbons (Fsp3) is 0.429. The van der Waals surface area contributed by atoms with E-state index in [4.69, 9.17) is 5.73 Å². The standard InChI is InChI=1S/C14H21N/c1-11(15)9-10-12-7-5-6-8-13(12)14(2,3)4/h5-11H,15H2,1-4H3/b10-9+. The summed E-state index contributed by atoms with van der Waals surface area (Å²) < 4.78 is 0. The topological polar surface area (TPSA) is 26.0 Å². The van der Waals surface area contributed by atoms with Gasteiger partial charge in [0.25, 0.3) is 0 Å². The Morgan fingerprint density at radius 3 is 2.33 bits per heavy atom. The van der Waals surface area contributed by atoms with E-state index in [9.17, 15) is 0 Å². The Morgan fingerprint density at radius 1 is 1.20 bits per heavy atom. The molecule has 0 fully saturated rings. The van der Waals surface area contributed by atoms with Crippen LogP contribution in [-0.2, 0) is 5.41 Å². The van der Waals surface area contributed by atoms with Gasteiger partial charge in [0.05, 0.1) is 0 Å². The zero-order chi connectivity index (χ0) is 11.5. The van der Waals surface area contributed by atoms with Crippen molar-refractivity contribution in [1.82, 2.24) is 0 Å². The molecule has 0 amide bonds. The molecule has 82 valence electrons. The minimum Gasteiger partial charge on any atom is -0.325 e. The second-order valence-corrected chi connectivity index (χ2v) is 5.06. The van der Waals surface area contributed by atoms with Crippen LogP contribution in [-0.4, -0.2) is 6.04 Å². The Labute approximate surface area is 93.0 Å². The molecule has 1 atom stereocenters. The SMILES string of the molecule is CC(N)/C=C/c1ccccc1C(C)(C)C. The van der Waals surface area contributed by atoms with Crippen LogP contribution in [0.4, 0.5) is 0 Å². The van der Waals surface area contributed by atoms with E-state index in [2.05, 4.69) is 51.1 Å². The van der Waals surface area contributed by atoms with Gasteiger partial charge in [-0.25, -0.2) is 0 Å². The van der Waals surface area contributed by atoms with Gasteiger partial charge in [0, 0.05) is 6.04 Å². The van der Waals surface area contributed by atoms with Crippen molar-refractivity contribution in [1.29, 1.82) is 0 Å². The number of benzene rings is 1. The normalized spacial score (nSPS) is 14.5. The van der Waals surface area contributed by atoms with Crippen LogP contribution in [0.15, 0.2) is 30.3 Å². The van der Waals surface area contributed by atoms with Crippen molar-refractivity contribution < 1.29 is 0 Å². The highest BCUT2D eigenvalue weighted by atomic mass is 14.6. The maximum absolute atomic E-state index is 5.71. The highest BCUT2D eigenvalue weighted by molar-refractivity contribution is 5.56. The minimum absolute atomic E-state index is 0.109. The molecular formula is C14H21N. The van der Waals surface area contributed by atoms with Crippen molar-refractivity contribution >= 4 is 6.08 Å². The van der Waals surface area contributed by atoms with Crippen LogP contribution in [0.5, 0.6) is 0 Å². The third kappa shape index (κ3) is 3.52. The van der Waals surface area contributed by atoms with E-state index in [1.807, 2.05) is 13.0 Å². The Kier molecular flexibility index (Phi) is 3.70. The molecule has 1 aromatic rings. The van der Waals surface area contributed by atoms with E-state index in [1.165, 1.54) is 11.1 Å². The fourth-order valence-corrected chi connectivity index (χ4v) is 1.58. The first-order chi connectivity index (χ1) is 6.91. The molecule has 15 heavy (non-hydrogen) atoms. The molecule has 0 spiro atoms. The zero-order valence-electron chi connectivity index (χ0n) is 10.1. The molecule has 1 aromatic carbocycles. The number of rotatable bonds is 2. The van der Waals surface area contributed by atoms with Crippen molar-refractivity contribution in [2.75, 3.05) is 0 Å². The second kappa shape index (κ2) is 4.63. The van der Waals surface area contributed by atoms with Crippen LogP contribution in [0.25, 0.3) is 6.08 Å². The van der Waals surface area contributed by atoms with Crippen LogP contribution in [0, 0.1) is 0 Å². The number of nitrogens with two attached hydrogens (primary N) is 1. The summed E-state index contributed by atoms with van der Waals surface area (Å²) in [4.78, 5) is 0. The molecule has 0 aliphatic carbocycles. The molecule has 2 N–H and O–H groups in total. The molecule has 0 heterocycles. The highest BCUT2D eigenvalue weighted by Crippen LogP contribution is 2.26. The lowest BCUT2D eigenvalue weighted by atomic mass is 9.83. The summed E-state index contributed by atoms with van der Waals surface area (Å²) >= 11 is 0. The lowest BCUT2D eigenvalue weighted by Gasteiger charge is -2.21. The molecule has 1 heteroatoms. The Hall–Kier alpha value is -1.08. The summed E-state index contributed by atoms with van der Waals surface area (Å²) in [6, 6.07) is 8.58. The maximum Gasteiger partial charge on any atom is 0.0198 e. The predicted octanol–water partition coefficient (Wildman–Crippen LogP) is 3.34. The van der Waals surface area contributed by atoms with E-state index in [1.54, 1.807) is 0 Å². The average molecular weight is 203 g/mol. The van der Waals surface area contributed by atoms with Gasteiger partial charge < -0.3 is 5.73 Å². The van der Waals surface area contributed by atoms with Crippen LogP contribution >= 0.6 is 0 Å². The molecule has 0 saturated heterocycles. The molecule has 0 saturated carbocycles. The van der Waals surface area contributed by atoms with Crippen molar-refractivity contribution in [2.45, 2.75) is 39.2 Å². The van der Waals surface area contributed by atoms with E-state index >= 15 is 0 Å². The first-order valence-electron chi connectivity index (χ1n) is 5.44. The van der Waals surface area contributed by atoms with Gasteiger partial charge in [-0.05, 0) is 23.5 Å². The van der Waals surface area contributed by atoms with Gasteiger partial charge in [0.2, 0.25) is 0 Å². The van der Waals surface area contributed by atoms with Crippen LogP contribution in [0.3, 0.4) is 0 Å². The predicted molar refractivity (Wildman–Crippen MR) is 67.8 cm³/mol. The van der Waals surface area contributed by atoms with Crippen molar-refractivity contribution in [2.24, 2.45) is 5.73 Å². The van der Waals surface area contributed by atoms with Gasteiger partial charge in [-0.2, -0.15) is 0 Å². The number of hydrogen-bond acceptors (Lipinski definition) is 1. The van der Waals surface area contributed by atoms with Gasteiger partial charge in [0.1, 0.15) is 0 Å². The van der Waals surface area contributed by atoms with Crippen molar-refractivity contribution in [3.8, 4) is 0 Å². The summed E-state index contributed by atoms with van der Waals surface area (Å²) in [6.45, 7) is 8.67. The monoisotopic (exact) mass is 203 g/mol. The summed E-state index contributed by atoms with van der Waals surface area (Å²) in [6.07, 6.45) is 4.15. The average Bonchev–Trinajstić information content (AvgIpc) is 2.13. The largest absolute Gasteiger partial charge is 0.325 e. The zero-order valence-corrected chi connectivity index (χ0v) is 10.1. The van der Waals surface area contributed by atoms with Gasteiger partial charge in [-0.3, -0.25) is 0 Å². The molecule has 1 unspecified atom stereocenters. The molecule has 0 aliphatic heterocycles. The molecule has 0 aliphatic rings. The molecule has 1 rings (SSSR count). The van der Waals surface area contributed by atoms with Gasteiger partial charge in [-0.15, -0.1) is 0 Å². The molecule has 0 bridgehead atoms. The molecule has 0 aromatic heterocycles. The first kappa shape index (κ1) is 12.0. The van der Waals surface area contributed by atoms with Crippen molar-refractivity contribution in [3.63, 3.8) is 0 Å². The maximum atomic E-state index is 5.71. The van der Waals surface area contributed by atoms with Crippen LogP contribution in [0.1, 0.15) is 38.8 Å². The van der Waals surface area contributed by atoms with E-state index < -0.39 is 0 Å². The summed E-state index contributed by atoms with van der Waals surface area (Å²) in [5.41, 5.74) is 8.52. The second-order valence-electron chi connectivity index (χ2n) is 5.06. The van der Waals surface area contributed by atoms with Crippen LogP contribution < -0.4 is 5.73 Å². The van der Waals surface area contributed by atoms with Gasteiger partial charge in [0.15, 0.2) is 0 Å². The van der Waals surface area contributed by atoms with Gasteiger partial charge >= 0.3 is 0 Å². The first-order valence-corrected chi connectivity index (χ1v) is 5.44. The summed E-state index contributed by atoms with van der Waals surface area (Å²) in [5.74, 6) is 0. The third-order valence-corrected chi connectivity index (χ3v) is 2.35. The lowest BCUT2D eigenvalue weighted by molar-refractivity contribution is 0.589. The van der Waals surface area contributed by atoms with Crippen molar-refractivity contribution in [3.05, 3.63) is 41.5 Å². The number of hydrogen-bond donors (Lipinski definition) is 1. The summed E-state index contributed by atoms with van der Waals surface area (Å²) in [5, 5.41) is 0. The van der Waals surface area contributed by atoms with Gasteiger partial charge in [-0.1, -0.05) is 57.2 Å². The summed E-state index contributed by atoms with van der Waals surface area (Å²) in [7, 11) is 0. The minimum atomic E-state index is 0.109. The lowest BCUT2D eigenvalue weighted by Crippen LogP contribution is -2.13. The van der Waals surface area contributed by atoms with Crippen LogP contribution in [0.2, 0.25) is 0 Å². The van der Waals surface area contributed by atoms with E-state index in [-0.39, 0.29) is 11.5 Å². The van der Waals surface area contributed by atoms with E-state index in [0.717, 1.165) is 0 Å². The Morgan fingerprint density at radius 2 is 1.80 bits per heavy atom. The van der Waals surface area contributed by atoms with E-state index in [0.29, 0.717) is 0 Å². The third-order valence-electron chi connectivity index (χ3n) is 2.35. The highest BCUT2D eigenvalue weighted by Gasteiger charge is 2.15. The molecule has 1 nitrogen and oxygen atoms in total. The smallest absolute Gasteiger partial charge is 0.0198 e.